The van der Waals surface area contributed by atoms with E-state index in [0.717, 1.165) is 50.0 Å². The molecular formula is C29H38N4O4S. The molecule has 0 bridgehead atoms. The van der Waals surface area contributed by atoms with Crippen molar-refractivity contribution in [1.29, 1.82) is 0 Å². The molecule has 2 fully saturated rings. The summed E-state index contributed by atoms with van der Waals surface area (Å²) in [6.07, 6.45) is 6.43. The molecule has 8 nitrogen and oxygen atoms in total. The number of sulfonamides is 1. The van der Waals surface area contributed by atoms with Crippen LogP contribution in [0.1, 0.15) is 66.8 Å². The van der Waals surface area contributed by atoms with Crippen molar-refractivity contribution in [2.75, 3.05) is 26.2 Å². The van der Waals surface area contributed by atoms with E-state index in [2.05, 4.69) is 33.7 Å². The highest BCUT2D eigenvalue weighted by molar-refractivity contribution is 7.89. The van der Waals surface area contributed by atoms with Crippen molar-refractivity contribution in [2.24, 2.45) is 0 Å². The van der Waals surface area contributed by atoms with Crippen LogP contribution in [0.15, 0.2) is 47.4 Å². The van der Waals surface area contributed by atoms with E-state index in [1.165, 1.54) is 34.7 Å². The number of piperazine rings is 1. The molecule has 0 saturated carbocycles. The van der Waals surface area contributed by atoms with Crippen LogP contribution in [0, 0.1) is 6.92 Å². The molecule has 2 aromatic rings. The van der Waals surface area contributed by atoms with E-state index in [-0.39, 0.29) is 36.4 Å². The number of nitrogens with zero attached hydrogens (tertiary/aromatic N) is 2. The number of carbonyl (C=O) groups excluding carboxylic acids is 2. The normalized spacial score (nSPS) is 22.9. The number of rotatable bonds is 7. The zero-order valence-electron chi connectivity index (χ0n) is 22.1. The highest BCUT2D eigenvalue weighted by Gasteiger charge is 2.40. The second kappa shape index (κ2) is 11.6. The van der Waals surface area contributed by atoms with Crippen LogP contribution in [0.3, 0.4) is 0 Å². The highest BCUT2D eigenvalue weighted by Crippen LogP contribution is 2.31. The first-order valence-electron chi connectivity index (χ1n) is 13.8. The maximum absolute atomic E-state index is 13.4. The van der Waals surface area contributed by atoms with Crippen molar-refractivity contribution in [1.82, 2.24) is 19.8 Å². The van der Waals surface area contributed by atoms with Gasteiger partial charge in [0.15, 0.2) is 0 Å². The molecule has 2 amide bonds. The van der Waals surface area contributed by atoms with Gasteiger partial charge in [-0.15, -0.1) is 0 Å². The number of aryl methyl sites for hydroxylation is 2. The Morgan fingerprint density at radius 3 is 2.55 bits per heavy atom. The fourth-order valence-corrected chi connectivity index (χ4v) is 7.53. The SMILES string of the molecule is Cc1ccc(S(=O)(=O)N2CCNC(=O)[C@H]2CC(=O)N[C@H]2CCCc3cc(CN4CCCCC4)ccc32)cc1. The van der Waals surface area contributed by atoms with Crippen molar-refractivity contribution >= 4 is 21.8 Å². The van der Waals surface area contributed by atoms with Gasteiger partial charge in [0, 0.05) is 19.6 Å². The molecule has 5 rings (SSSR count). The van der Waals surface area contributed by atoms with Gasteiger partial charge >= 0.3 is 0 Å². The van der Waals surface area contributed by atoms with Gasteiger partial charge in [0.05, 0.1) is 17.4 Å². The molecule has 0 spiro atoms. The molecule has 1 aliphatic carbocycles. The molecule has 3 aliphatic rings. The smallest absolute Gasteiger partial charge is 0.243 e. The number of fused-ring (bicyclic) bond motifs is 1. The third kappa shape index (κ3) is 5.95. The Morgan fingerprint density at radius 1 is 1.03 bits per heavy atom. The lowest BCUT2D eigenvalue weighted by Gasteiger charge is -2.34. The highest BCUT2D eigenvalue weighted by atomic mass is 32.2. The third-order valence-corrected chi connectivity index (χ3v) is 9.92. The zero-order chi connectivity index (χ0) is 26.7. The van der Waals surface area contributed by atoms with Gasteiger partial charge in [0.1, 0.15) is 6.04 Å². The molecule has 38 heavy (non-hydrogen) atoms. The maximum Gasteiger partial charge on any atom is 0.243 e. The molecule has 2 atom stereocenters. The lowest BCUT2D eigenvalue weighted by atomic mass is 9.86. The predicted molar refractivity (Wildman–Crippen MR) is 146 cm³/mol. The van der Waals surface area contributed by atoms with Crippen LogP contribution >= 0.6 is 0 Å². The number of amides is 2. The molecule has 2 aromatic carbocycles. The predicted octanol–water partition coefficient (Wildman–Crippen LogP) is 3.05. The lowest BCUT2D eigenvalue weighted by molar-refractivity contribution is -0.132. The minimum atomic E-state index is -3.92. The second-order valence-corrected chi connectivity index (χ2v) is 12.7. The van der Waals surface area contributed by atoms with Gasteiger partial charge < -0.3 is 10.6 Å². The van der Waals surface area contributed by atoms with Crippen molar-refractivity contribution in [2.45, 2.75) is 75.4 Å². The molecule has 2 aliphatic heterocycles. The number of likely N-dealkylation sites (tertiary alicyclic amines) is 1. The fourth-order valence-electron chi connectivity index (χ4n) is 5.94. The van der Waals surface area contributed by atoms with E-state index in [0.29, 0.717) is 0 Å². The number of hydrogen-bond acceptors (Lipinski definition) is 5. The standard InChI is InChI=1S/C29H38N4O4S/c1-21-8-11-24(12-9-21)38(36,37)33-17-14-30-29(35)27(33)19-28(34)31-26-7-5-6-23-18-22(10-13-25(23)26)20-32-15-3-2-4-16-32/h8-13,18,26-27H,2-7,14-17,19-20H2,1H3,(H,30,35)(H,31,34)/t26-,27+/m0/s1. The summed E-state index contributed by atoms with van der Waals surface area (Å²) < 4.78 is 27.9. The number of nitrogens with one attached hydrogen (secondary N) is 2. The van der Waals surface area contributed by atoms with Crippen LogP contribution in [0.25, 0.3) is 0 Å². The summed E-state index contributed by atoms with van der Waals surface area (Å²) in [7, 11) is -3.92. The Labute approximate surface area is 225 Å². The Morgan fingerprint density at radius 2 is 1.79 bits per heavy atom. The minimum Gasteiger partial charge on any atom is -0.353 e. The largest absolute Gasteiger partial charge is 0.353 e. The van der Waals surface area contributed by atoms with Gasteiger partial charge in [-0.05, 0) is 80.9 Å². The summed E-state index contributed by atoms with van der Waals surface area (Å²) in [4.78, 5) is 28.6. The number of benzene rings is 2. The van der Waals surface area contributed by atoms with Crippen LogP contribution in [-0.4, -0.2) is 61.7 Å². The van der Waals surface area contributed by atoms with E-state index in [1.54, 1.807) is 24.3 Å². The summed E-state index contributed by atoms with van der Waals surface area (Å²) in [5.74, 6) is -0.750. The first-order valence-corrected chi connectivity index (χ1v) is 15.2. The summed E-state index contributed by atoms with van der Waals surface area (Å²) in [5, 5.41) is 5.84. The van der Waals surface area contributed by atoms with E-state index in [4.69, 9.17) is 0 Å². The molecule has 2 N–H and O–H groups in total. The van der Waals surface area contributed by atoms with E-state index < -0.39 is 22.0 Å². The zero-order valence-corrected chi connectivity index (χ0v) is 22.9. The fraction of sp³-hybridized carbons (Fsp3) is 0.517. The number of piperidine rings is 1. The molecule has 2 heterocycles. The van der Waals surface area contributed by atoms with Crippen LogP contribution in [0.4, 0.5) is 0 Å². The van der Waals surface area contributed by atoms with Crippen molar-refractivity contribution in [3.63, 3.8) is 0 Å². The molecule has 0 unspecified atom stereocenters. The summed E-state index contributed by atoms with van der Waals surface area (Å²) >= 11 is 0. The third-order valence-electron chi connectivity index (χ3n) is 8.00. The van der Waals surface area contributed by atoms with E-state index in [9.17, 15) is 18.0 Å². The Kier molecular flexibility index (Phi) is 8.16. The second-order valence-electron chi connectivity index (χ2n) is 10.8. The van der Waals surface area contributed by atoms with Gasteiger partial charge in [-0.3, -0.25) is 14.5 Å². The average Bonchev–Trinajstić information content (AvgIpc) is 2.90. The van der Waals surface area contributed by atoms with E-state index in [1.807, 2.05) is 6.92 Å². The Bertz CT molecular complexity index is 1270. The van der Waals surface area contributed by atoms with Gasteiger partial charge in [0.2, 0.25) is 21.8 Å². The molecule has 9 heteroatoms. The first-order chi connectivity index (χ1) is 18.3. The van der Waals surface area contributed by atoms with Gasteiger partial charge in [-0.2, -0.15) is 4.31 Å². The quantitative estimate of drug-likeness (QED) is 0.565. The van der Waals surface area contributed by atoms with Crippen molar-refractivity contribution in [3.8, 4) is 0 Å². The van der Waals surface area contributed by atoms with Crippen LogP contribution in [-0.2, 0) is 32.6 Å². The first kappa shape index (κ1) is 26.8. The minimum absolute atomic E-state index is 0.129. The molecule has 0 aromatic heterocycles. The van der Waals surface area contributed by atoms with E-state index >= 15 is 0 Å². The Hall–Kier alpha value is -2.75. The topological polar surface area (TPSA) is 98.8 Å². The van der Waals surface area contributed by atoms with Crippen LogP contribution in [0.5, 0.6) is 0 Å². The van der Waals surface area contributed by atoms with Gasteiger partial charge in [-0.1, -0.05) is 42.3 Å². The number of hydrogen-bond donors (Lipinski definition) is 2. The van der Waals surface area contributed by atoms with Crippen LogP contribution < -0.4 is 10.6 Å². The monoisotopic (exact) mass is 538 g/mol. The Balaban J connectivity index is 1.27. The summed E-state index contributed by atoms with van der Waals surface area (Å²) in [5.41, 5.74) is 4.66. The summed E-state index contributed by atoms with van der Waals surface area (Å²) in [6, 6.07) is 11.9. The van der Waals surface area contributed by atoms with Gasteiger partial charge in [0.25, 0.3) is 0 Å². The molecule has 0 radical (unpaired) electrons. The average molecular weight is 539 g/mol. The van der Waals surface area contributed by atoms with Crippen LogP contribution in [0.2, 0.25) is 0 Å². The molecular weight excluding hydrogens is 500 g/mol. The molecule has 2 saturated heterocycles. The lowest BCUT2D eigenvalue weighted by Crippen LogP contribution is -2.58. The number of carbonyl (C=O) groups is 2. The summed E-state index contributed by atoms with van der Waals surface area (Å²) in [6.45, 7) is 5.51. The van der Waals surface area contributed by atoms with Crippen molar-refractivity contribution < 1.29 is 18.0 Å². The van der Waals surface area contributed by atoms with Gasteiger partial charge in [-0.25, -0.2) is 8.42 Å². The molecule has 204 valence electrons. The maximum atomic E-state index is 13.4. The van der Waals surface area contributed by atoms with Crippen molar-refractivity contribution in [3.05, 3.63) is 64.7 Å².